The van der Waals surface area contributed by atoms with Gasteiger partial charge in [0.05, 0.1) is 5.56 Å². The van der Waals surface area contributed by atoms with Crippen LogP contribution in [-0.2, 0) is 20.7 Å². The van der Waals surface area contributed by atoms with E-state index >= 15 is 0 Å². The molecular weight excluding hydrogens is 303 g/mol. The van der Waals surface area contributed by atoms with Gasteiger partial charge in [-0.3, -0.25) is 0 Å². The molecule has 3 rings (SSSR count). The summed E-state index contributed by atoms with van der Waals surface area (Å²) in [5.74, 6) is -0.347. The van der Waals surface area contributed by atoms with Crippen molar-refractivity contribution in [3.63, 3.8) is 0 Å². The summed E-state index contributed by atoms with van der Waals surface area (Å²) in [5, 5.41) is 0. The number of benzene rings is 2. The van der Waals surface area contributed by atoms with Crippen LogP contribution in [0.2, 0.25) is 0 Å². The summed E-state index contributed by atoms with van der Waals surface area (Å²) < 4.78 is 16.4. The first-order valence-electron chi connectivity index (χ1n) is 7.98. The summed E-state index contributed by atoms with van der Waals surface area (Å²) in [6.07, 6.45) is 2.69. The first-order chi connectivity index (χ1) is 11.8. The van der Waals surface area contributed by atoms with Crippen LogP contribution in [0.5, 0.6) is 0 Å². The van der Waals surface area contributed by atoms with E-state index in [1.54, 1.807) is 18.2 Å². The molecule has 0 atom stereocenters. The van der Waals surface area contributed by atoms with Crippen LogP contribution in [0.3, 0.4) is 0 Å². The van der Waals surface area contributed by atoms with Crippen LogP contribution in [0.4, 0.5) is 0 Å². The lowest BCUT2D eigenvalue weighted by Gasteiger charge is -2.19. The minimum atomic E-state index is -0.347. The second kappa shape index (κ2) is 7.95. The van der Waals surface area contributed by atoms with E-state index in [1.807, 2.05) is 36.4 Å². The fraction of sp³-hybridized carbons (Fsp3) is 0.211. The van der Waals surface area contributed by atoms with Crippen molar-refractivity contribution in [2.45, 2.75) is 13.0 Å². The molecule has 0 aliphatic carbocycles. The van der Waals surface area contributed by atoms with Crippen molar-refractivity contribution in [2.24, 2.45) is 0 Å². The lowest BCUT2D eigenvalue weighted by molar-refractivity contribution is 0.0472. The van der Waals surface area contributed by atoms with Gasteiger partial charge in [-0.2, -0.15) is 0 Å². The quantitative estimate of drug-likeness (QED) is 0.627. The molecule has 1 aliphatic rings. The number of esters is 1. The highest BCUT2D eigenvalue weighted by atomic mass is 16.6. The number of rotatable bonds is 5. The number of ether oxygens (including phenoxy) is 1. The zero-order chi connectivity index (χ0) is 16.8. The maximum Gasteiger partial charge on any atom is 0.493 e. The van der Waals surface area contributed by atoms with E-state index in [-0.39, 0.29) is 19.7 Å². The molecule has 4 nitrogen and oxygen atoms in total. The Balaban J connectivity index is 1.57. The topological polar surface area (TPSA) is 44.8 Å². The van der Waals surface area contributed by atoms with Gasteiger partial charge in [-0.25, -0.2) is 4.79 Å². The Kier molecular flexibility index (Phi) is 5.46. The van der Waals surface area contributed by atoms with E-state index in [1.165, 1.54) is 0 Å². The molecule has 0 N–H and O–H groups in total. The number of hydrogen-bond donors (Lipinski definition) is 0. The minimum absolute atomic E-state index is 0.243. The molecule has 24 heavy (non-hydrogen) atoms. The summed E-state index contributed by atoms with van der Waals surface area (Å²) >= 11 is 0. The molecule has 0 aromatic heterocycles. The Hall–Kier alpha value is -2.37. The fourth-order valence-corrected chi connectivity index (χ4v) is 2.44. The molecule has 1 heterocycles. The van der Waals surface area contributed by atoms with Crippen LogP contribution >= 0.6 is 0 Å². The van der Waals surface area contributed by atoms with Crippen LogP contribution < -0.4 is 5.46 Å². The highest BCUT2D eigenvalue weighted by Crippen LogP contribution is 2.09. The van der Waals surface area contributed by atoms with Crippen molar-refractivity contribution in [1.82, 2.24) is 0 Å². The molecule has 1 aliphatic heterocycles. The SMILES string of the molecule is C=Cc1ccc(COC(=O)c2ccc(B3OCCCO3)cc2)cc1. The number of carbonyl (C=O) groups is 1. The zero-order valence-corrected chi connectivity index (χ0v) is 13.4. The molecule has 1 saturated heterocycles. The minimum Gasteiger partial charge on any atom is -0.457 e. The third-order valence-corrected chi connectivity index (χ3v) is 3.83. The normalized spacial score (nSPS) is 14.2. The molecular formula is C19H19BO4. The van der Waals surface area contributed by atoms with Gasteiger partial charge in [0.2, 0.25) is 0 Å². The summed E-state index contributed by atoms with van der Waals surface area (Å²) in [6.45, 7) is 5.34. The third-order valence-electron chi connectivity index (χ3n) is 3.83. The second-order valence-electron chi connectivity index (χ2n) is 5.57. The van der Waals surface area contributed by atoms with Gasteiger partial charge < -0.3 is 14.0 Å². The first kappa shape index (κ1) is 16.5. The van der Waals surface area contributed by atoms with Crippen molar-refractivity contribution in [1.29, 1.82) is 0 Å². The van der Waals surface area contributed by atoms with Crippen molar-refractivity contribution in [3.8, 4) is 0 Å². The maximum atomic E-state index is 12.1. The molecule has 2 aromatic rings. The van der Waals surface area contributed by atoms with Gasteiger partial charge in [0.15, 0.2) is 0 Å². The summed E-state index contributed by atoms with van der Waals surface area (Å²) in [5.41, 5.74) is 3.39. The van der Waals surface area contributed by atoms with Gasteiger partial charge in [0.25, 0.3) is 0 Å². The maximum absolute atomic E-state index is 12.1. The van der Waals surface area contributed by atoms with Gasteiger partial charge >= 0.3 is 13.1 Å². The Morgan fingerprint density at radius 1 is 1.08 bits per heavy atom. The highest BCUT2D eigenvalue weighted by Gasteiger charge is 2.24. The van der Waals surface area contributed by atoms with Crippen LogP contribution in [0.1, 0.15) is 27.9 Å². The van der Waals surface area contributed by atoms with Crippen molar-refractivity contribution in [2.75, 3.05) is 13.2 Å². The standard InChI is InChI=1S/C19H19BO4/c1-2-15-4-6-16(7-5-15)14-22-19(21)17-8-10-18(11-9-17)20-23-12-3-13-24-20/h2,4-11H,1,3,12-14H2. The molecule has 122 valence electrons. The molecule has 0 radical (unpaired) electrons. The Labute approximate surface area is 142 Å². The van der Waals surface area contributed by atoms with Crippen LogP contribution in [0.15, 0.2) is 55.1 Å². The molecule has 2 aromatic carbocycles. The van der Waals surface area contributed by atoms with Crippen LogP contribution in [-0.4, -0.2) is 26.3 Å². The van der Waals surface area contributed by atoms with E-state index in [2.05, 4.69) is 6.58 Å². The number of carbonyl (C=O) groups excluding carboxylic acids is 1. The predicted molar refractivity (Wildman–Crippen MR) is 94.0 cm³/mol. The molecule has 1 fully saturated rings. The predicted octanol–water partition coefficient (Wildman–Crippen LogP) is 2.82. The Bertz CT molecular complexity index is 688. The molecule has 0 amide bonds. The summed E-state index contributed by atoms with van der Waals surface area (Å²) in [4.78, 5) is 12.1. The van der Waals surface area contributed by atoms with Crippen LogP contribution in [0, 0.1) is 0 Å². The monoisotopic (exact) mass is 322 g/mol. The molecule has 5 heteroatoms. The van der Waals surface area contributed by atoms with E-state index in [4.69, 9.17) is 14.0 Å². The van der Waals surface area contributed by atoms with E-state index in [9.17, 15) is 4.79 Å². The molecule has 0 bridgehead atoms. The smallest absolute Gasteiger partial charge is 0.457 e. The first-order valence-corrected chi connectivity index (χ1v) is 7.98. The molecule has 0 saturated carbocycles. The lowest BCUT2D eigenvalue weighted by Crippen LogP contribution is -2.40. The Morgan fingerprint density at radius 2 is 1.75 bits per heavy atom. The zero-order valence-electron chi connectivity index (χ0n) is 13.4. The molecule has 0 spiro atoms. The average Bonchev–Trinajstić information content (AvgIpc) is 2.67. The highest BCUT2D eigenvalue weighted by molar-refractivity contribution is 6.61. The average molecular weight is 322 g/mol. The van der Waals surface area contributed by atoms with Crippen molar-refractivity contribution in [3.05, 3.63) is 71.8 Å². The van der Waals surface area contributed by atoms with Gasteiger partial charge in [0, 0.05) is 13.2 Å². The van der Waals surface area contributed by atoms with Crippen molar-refractivity contribution < 1.29 is 18.8 Å². The van der Waals surface area contributed by atoms with Gasteiger partial charge in [-0.15, -0.1) is 0 Å². The second-order valence-corrected chi connectivity index (χ2v) is 5.57. The summed E-state index contributed by atoms with van der Waals surface area (Å²) in [6, 6.07) is 14.9. The van der Waals surface area contributed by atoms with Crippen LogP contribution in [0.25, 0.3) is 6.08 Å². The van der Waals surface area contributed by atoms with Crippen molar-refractivity contribution >= 4 is 24.6 Å². The Morgan fingerprint density at radius 3 is 2.38 bits per heavy atom. The largest absolute Gasteiger partial charge is 0.493 e. The van der Waals surface area contributed by atoms with E-state index in [0.717, 1.165) is 23.0 Å². The van der Waals surface area contributed by atoms with E-state index in [0.29, 0.717) is 18.8 Å². The summed E-state index contributed by atoms with van der Waals surface area (Å²) in [7, 11) is -0.341. The molecule has 0 unspecified atom stereocenters. The van der Waals surface area contributed by atoms with Gasteiger partial charge in [-0.1, -0.05) is 49.1 Å². The number of hydrogen-bond acceptors (Lipinski definition) is 4. The van der Waals surface area contributed by atoms with Gasteiger partial charge in [0.1, 0.15) is 6.61 Å². The lowest BCUT2D eigenvalue weighted by atomic mass is 9.78. The third kappa shape index (κ3) is 4.13. The van der Waals surface area contributed by atoms with Gasteiger partial charge in [-0.05, 0) is 35.1 Å². The fourth-order valence-electron chi connectivity index (χ4n) is 2.44. The van der Waals surface area contributed by atoms with E-state index < -0.39 is 0 Å².